The number of nitrogens with one attached hydrogen (secondary N) is 2. The normalized spacial score (nSPS) is 21.6. The third-order valence-corrected chi connectivity index (χ3v) is 7.36. The van der Waals surface area contributed by atoms with Gasteiger partial charge in [-0.25, -0.2) is 0 Å². The molecular weight excluding hydrogens is 368 g/mol. The summed E-state index contributed by atoms with van der Waals surface area (Å²) in [5.74, 6) is 0.922. The van der Waals surface area contributed by atoms with Gasteiger partial charge in [0.05, 0.1) is 6.04 Å². The van der Waals surface area contributed by atoms with Gasteiger partial charge in [0.1, 0.15) is 0 Å². The molecule has 2 fully saturated rings. The van der Waals surface area contributed by atoms with Gasteiger partial charge in [-0.2, -0.15) is 0 Å². The number of rotatable bonds is 9. The molecule has 2 aliphatic rings. The minimum absolute atomic E-state index is 0.192. The molecule has 1 saturated heterocycles. The van der Waals surface area contributed by atoms with E-state index in [2.05, 4.69) is 40.0 Å². The molecule has 0 bridgehead atoms. The van der Waals surface area contributed by atoms with Crippen molar-refractivity contribution in [2.45, 2.75) is 64.3 Å². The van der Waals surface area contributed by atoms with Crippen molar-refractivity contribution in [1.29, 1.82) is 0 Å². The lowest BCUT2D eigenvalue weighted by atomic mass is 9.72. The molecule has 2 heterocycles. The van der Waals surface area contributed by atoms with Crippen LogP contribution in [0.3, 0.4) is 0 Å². The lowest BCUT2D eigenvalue weighted by molar-refractivity contribution is 0.137. The average Bonchev–Trinajstić information content (AvgIpc) is 3.42. The molecule has 1 aromatic heterocycles. The first-order valence-electron chi connectivity index (χ1n) is 11.2. The summed E-state index contributed by atoms with van der Waals surface area (Å²) in [6, 6.07) is 4.84. The number of aliphatic imine (C=N–C) groups is 1. The first-order chi connectivity index (χ1) is 13.8. The van der Waals surface area contributed by atoms with Crippen LogP contribution in [0.5, 0.6) is 0 Å². The van der Waals surface area contributed by atoms with Crippen LogP contribution in [-0.2, 0) is 0 Å². The molecule has 1 atom stereocenters. The number of aliphatic hydroxyl groups excluding tert-OH is 1. The maximum absolute atomic E-state index is 9.57. The van der Waals surface area contributed by atoms with Crippen LogP contribution in [0.15, 0.2) is 22.5 Å². The van der Waals surface area contributed by atoms with Crippen molar-refractivity contribution in [3.05, 3.63) is 22.4 Å². The lowest BCUT2D eigenvalue weighted by Crippen LogP contribution is -2.43. The van der Waals surface area contributed by atoms with Crippen molar-refractivity contribution in [3.63, 3.8) is 0 Å². The highest BCUT2D eigenvalue weighted by Crippen LogP contribution is 2.39. The Labute approximate surface area is 174 Å². The number of thiophene rings is 1. The number of guanidine groups is 1. The number of aliphatic hydroxyl groups is 1. The Balaban J connectivity index is 1.64. The van der Waals surface area contributed by atoms with E-state index in [0.29, 0.717) is 6.04 Å². The zero-order valence-electron chi connectivity index (χ0n) is 17.5. The molecule has 0 radical (unpaired) electrons. The van der Waals surface area contributed by atoms with E-state index in [9.17, 15) is 5.11 Å². The van der Waals surface area contributed by atoms with E-state index in [-0.39, 0.29) is 12.0 Å². The smallest absolute Gasteiger partial charge is 0.191 e. The predicted molar refractivity (Wildman–Crippen MR) is 119 cm³/mol. The van der Waals surface area contributed by atoms with E-state index < -0.39 is 0 Å². The molecule has 0 aromatic carbocycles. The molecule has 158 valence electrons. The molecule has 5 nitrogen and oxygen atoms in total. The summed E-state index contributed by atoms with van der Waals surface area (Å²) in [4.78, 5) is 9.02. The van der Waals surface area contributed by atoms with Crippen molar-refractivity contribution in [2.75, 3.05) is 39.3 Å². The second-order valence-corrected chi connectivity index (χ2v) is 9.36. The van der Waals surface area contributed by atoms with Gasteiger partial charge in [0.2, 0.25) is 0 Å². The Morgan fingerprint density at radius 3 is 2.64 bits per heavy atom. The van der Waals surface area contributed by atoms with Gasteiger partial charge in [0.15, 0.2) is 5.96 Å². The molecule has 3 N–H and O–H groups in total. The zero-order valence-corrected chi connectivity index (χ0v) is 18.3. The topological polar surface area (TPSA) is 59.9 Å². The van der Waals surface area contributed by atoms with E-state index in [0.717, 1.165) is 32.0 Å². The molecule has 1 saturated carbocycles. The number of likely N-dealkylation sites (tertiary alicyclic amines) is 1. The zero-order chi connectivity index (χ0) is 19.7. The van der Waals surface area contributed by atoms with Gasteiger partial charge >= 0.3 is 0 Å². The van der Waals surface area contributed by atoms with E-state index in [1.807, 2.05) is 11.3 Å². The Hall–Kier alpha value is -1.11. The van der Waals surface area contributed by atoms with Gasteiger partial charge in [0, 0.05) is 31.1 Å². The molecule has 1 unspecified atom stereocenters. The fourth-order valence-electron chi connectivity index (χ4n) is 4.75. The van der Waals surface area contributed by atoms with Gasteiger partial charge in [0.25, 0.3) is 0 Å². The third-order valence-electron chi connectivity index (χ3n) is 6.39. The van der Waals surface area contributed by atoms with Gasteiger partial charge in [-0.15, -0.1) is 11.3 Å². The maximum Gasteiger partial charge on any atom is 0.191 e. The summed E-state index contributed by atoms with van der Waals surface area (Å²) in [5.41, 5.74) is 0.192. The highest BCUT2D eigenvalue weighted by Gasteiger charge is 2.31. The van der Waals surface area contributed by atoms with Gasteiger partial charge in [-0.3, -0.25) is 9.89 Å². The summed E-state index contributed by atoms with van der Waals surface area (Å²) >= 11 is 1.86. The highest BCUT2D eigenvalue weighted by atomic mass is 32.1. The van der Waals surface area contributed by atoms with Crippen molar-refractivity contribution < 1.29 is 5.11 Å². The first kappa shape index (κ1) is 21.6. The minimum Gasteiger partial charge on any atom is -0.396 e. The fraction of sp³-hybridized carbons (Fsp3) is 0.773. The van der Waals surface area contributed by atoms with Crippen molar-refractivity contribution in [2.24, 2.45) is 10.4 Å². The summed E-state index contributed by atoms with van der Waals surface area (Å²) in [5, 5.41) is 18.8. The molecule has 0 spiro atoms. The van der Waals surface area contributed by atoms with Crippen LogP contribution >= 0.6 is 11.3 Å². The van der Waals surface area contributed by atoms with Crippen LogP contribution in [0.1, 0.15) is 69.2 Å². The molecule has 1 aliphatic heterocycles. The number of nitrogens with zero attached hydrogens (tertiary/aromatic N) is 2. The van der Waals surface area contributed by atoms with Crippen LogP contribution in [-0.4, -0.2) is 55.3 Å². The molecule has 6 heteroatoms. The third kappa shape index (κ3) is 5.94. The van der Waals surface area contributed by atoms with Crippen LogP contribution in [0.25, 0.3) is 0 Å². The van der Waals surface area contributed by atoms with Crippen LogP contribution < -0.4 is 10.6 Å². The molecular formula is C22H38N4OS. The number of hydrogen-bond donors (Lipinski definition) is 3. The van der Waals surface area contributed by atoms with Crippen LogP contribution in [0.4, 0.5) is 0 Å². The standard InChI is InChI=1S/C22H38N4OS/c1-2-23-21(25-18-22(12-15-27)10-4-3-5-11-22)24-17-19(20-9-8-16-28-20)26-13-6-7-14-26/h8-9,16,19,27H,2-7,10-15,17-18H2,1H3,(H2,23,24,25). The van der Waals surface area contributed by atoms with E-state index in [1.165, 1.54) is 62.9 Å². The molecule has 1 aliphatic carbocycles. The Morgan fingerprint density at radius 2 is 2.00 bits per heavy atom. The maximum atomic E-state index is 9.57. The van der Waals surface area contributed by atoms with E-state index in [4.69, 9.17) is 4.99 Å². The summed E-state index contributed by atoms with van der Waals surface area (Å²) in [7, 11) is 0. The highest BCUT2D eigenvalue weighted by molar-refractivity contribution is 7.10. The predicted octanol–water partition coefficient (Wildman–Crippen LogP) is 3.77. The minimum atomic E-state index is 0.192. The van der Waals surface area contributed by atoms with Crippen LogP contribution in [0.2, 0.25) is 0 Å². The number of hydrogen-bond acceptors (Lipinski definition) is 4. The van der Waals surface area contributed by atoms with Gasteiger partial charge in [-0.1, -0.05) is 25.3 Å². The summed E-state index contributed by atoms with van der Waals surface area (Å²) in [6.07, 6.45) is 9.75. The second-order valence-electron chi connectivity index (χ2n) is 8.38. The Kier molecular flexibility index (Phi) is 8.62. The van der Waals surface area contributed by atoms with Crippen molar-refractivity contribution in [1.82, 2.24) is 15.5 Å². The monoisotopic (exact) mass is 406 g/mol. The van der Waals surface area contributed by atoms with Gasteiger partial charge in [-0.05, 0) is 69.0 Å². The van der Waals surface area contributed by atoms with Crippen molar-refractivity contribution in [3.8, 4) is 0 Å². The second kappa shape index (κ2) is 11.2. The molecule has 28 heavy (non-hydrogen) atoms. The SMILES string of the molecule is CCNC(=NCC1(CCO)CCCCC1)NCC(c1cccs1)N1CCCC1. The van der Waals surface area contributed by atoms with Crippen LogP contribution in [0, 0.1) is 5.41 Å². The Morgan fingerprint density at radius 1 is 1.21 bits per heavy atom. The first-order valence-corrected chi connectivity index (χ1v) is 12.0. The molecule has 1 aromatic rings. The van der Waals surface area contributed by atoms with Gasteiger partial charge < -0.3 is 15.7 Å². The van der Waals surface area contributed by atoms with Crippen molar-refractivity contribution >= 4 is 17.3 Å². The molecule has 0 amide bonds. The lowest BCUT2D eigenvalue weighted by Gasteiger charge is -2.36. The molecule has 3 rings (SSSR count). The van der Waals surface area contributed by atoms with E-state index in [1.54, 1.807) is 0 Å². The summed E-state index contributed by atoms with van der Waals surface area (Å²) < 4.78 is 0. The summed E-state index contributed by atoms with van der Waals surface area (Å²) in [6.45, 7) is 7.35. The largest absolute Gasteiger partial charge is 0.396 e. The average molecular weight is 407 g/mol. The quantitative estimate of drug-likeness (QED) is 0.431. The van der Waals surface area contributed by atoms with E-state index >= 15 is 0 Å². The fourth-order valence-corrected chi connectivity index (χ4v) is 5.61. The Bertz CT molecular complexity index is 572.